The first-order valence-corrected chi connectivity index (χ1v) is 5.04. The Hall–Kier alpha value is -2.35. The van der Waals surface area contributed by atoms with E-state index in [0.29, 0.717) is 11.3 Å². The summed E-state index contributed by atoms with van der Waals surface area (Å²) in [5, 5.41) is 17.0. The number of benzene rings is 1. The summed E-state index contributed by atoms with van der Waals surface area (Å²) in [6.07, 6.45) is 0.225. The first kappa shape index (κ1) is 12.7. The van der Waals surface area contributed by atoms with E-state index in [-0.39, 0.29) is 19.3 Å². The standard InChI is InChI=1S/C12H11NO4/c13-8-9-3-1-4-10(7-9)17-12(16)6-2-5-11(14)15/h1,3-4,7H,2,5-6H2,(H,14,15). The van der Waals surface area contributed by atoms with Crippen molar-refractivity contribution < 1.29 is 19.4 Å². The van der Waals surface area contributed by atoms with Gasteiger partial charge in [-0.15, -0.1) is 0 Å². The molecule has 1 N–H and O–H groups in total. The number of hydrogen-bond acceptors (Lipinski definition) is 4. The molecule has 0 aromatic heterocycles. The van der Waals surface area contributed by atoms with Gasteiger partial charge in [-0.05, 0) is 24.6 Å². The molecule has 5 nitrogen and oxygen atoms in total. The lowest BCUT2D eigenvalue weighted by atomic mass is 10.2. The van der Waals surface area contributed by atoms with Crippen LogP contribution in [0.15, 0.2) is 24.3 Å². The molecule has 88 valence electrons. The van der Waals surface area contributed by atoms with Crippen LogP contribution in [0.3, 0.4) is 0 Å². The minimum absolute atomic E-state index is 0.0447. The number of esters is 1. The Balaban J connectivity index is 2.45. The Kier molecular flexibility index (Phi) is 4.70. The molecule has 0 bridgehead atoms. The maximum absolute atomic E-state index is 11.3. The number of carboxylic acid groups (broad SMARTS) is 1. The number of rotatable bonds is 5. The van der Waals surface area contributed by atoms with Crippen molar-refractivity contribution >= 4 is 11.9 Å². The number of nitrogens with zero attached hydrogens (tertiary/aromatic N) is 1. The van der Waals surface area contributed by atoms with Gasteiger partial charge in [-0.1, -0.05) is 6.07 Å². The van der Waals surface area contributed by atoms with Crippen LogP contribution in [0.5, 0.6) is 5.75 Å². The summed E-state index contributed by atoms with van der Waals surface area (Å²) < 4.78 is 4.96. The highest BCUT2D eigenvalue weighted by Crippen LogP contribution is 2.13. The molecule has 0 aliphatic rings. The van der Waals surface area contributed by atoms with Crippen LogP contribution in [0.4, 0.5) is 0 Å². The summed E-state index contributed by atoms with van der Waals surface area (Å²) in [6.45, 7) is 0. The molecule has 0 spiro atoms. The number of ether oxygens (including phenoxy) is 1. The van der Waals surface area contributed by atoms with Crippen LogP contribution in [0.1, 0.15) is 24.8 Å². The number of aliphatic carboxylic acids is 1. The Bertz CT molecular complexity index is 462. The van der Waals surface area contributed by atoms with Crippen LogP contribution in [0.2, 0.25) is 0 Å². The quantitative estimate of drug-likeness (QED) is 0.618. The van der Waals surface area contributed by atoms with Gasteiger partial charge >= 0.3 is 11.9 Å². The zero-order valence-electron chi connectivity index (χ0n) is 9.05. The number of hydrogen-bond donors (Lipinski definition) is 1. The summed E-state index contributed by atoms with van der Waals surface area (Å²) in [5.74, 6) is -1.14. The fourth-order valence-corrected chi connectivity index (χ4v) is 1.20. The summed E-state index contributed by atoms with van der Waals surface area (Å²) in [5.41, 5.74) is 0.404. The van der Waals surface area contributed by atoms with E-state index in [1.54, 1.807) is 18.2 Å². The number of nitriles is 1. The minimum atomic E-state index is -0.940. The molecule has 0 aliphatic carbocycles. The average molecular weight is 233 g/mol. The van der Waals surface area contributed by atoms with Crippen molar-refractivity contribution in [1.29, 1.82) is 5.26 Å². The smallest absolute Gasteiger partial charge is 0.311 e. The first-order valence-electron chi connectivity index (χ1n) is 5.04. The highest BCUT2D eigenvalue weighted by atomic mass is 16.5. The Morgan fingerprint density at radius 1 is 1.35 bits per heavy atom. The van der Waals surface area contributed by atoms with Crippen molar-refractivity contribution in [3.8, 4) is 11.8 Å². The lowest BCUT2D eigenvalue weighted by Gasteiger charge is -2.03. The molecule has 1 rings (SSSR count). The predicted molar refractivity (Wildman–Crippen MR) is 58.3 cm³/mol. The second-order valence-electron chi connectivity index (χ2n) is 3.36. The molecule has 0 fully saturated rings. The van der Waals surface area contributed by atoms with Crippen molar-refractivity contribution in [2.75, 3.05) is 0 Å². The molecule has 0 saturated carbocycles. The third-order valence-corrected chi connectivity index (χ3v) is 1.97. The van der Waals surface area contributed by atoms with Crippen LogP contribution in [-0.4, -0.2) is 17.0 Å². The van der Waals surface area contributed by atoms with E-state index in [9.17, 15) is 9.59 Å². The molecule has 1 aromatic carbocycles. The molecule has 17 heavy (non-hydrogen) atoms. The van der Waals surface area contributed by atoms with Crippen molar-refractivity contribution in [2.45, 2.75) is 19.3 Å². The van der Waals surface area contributed by atoms with Gasteiger partial charge in [0, 0.05) is 12.8 Å². The first-order chi connectivity index (χ1) is 8.11. The second kappa shape index (κ2) is 6.28. The molecule has 0 amide bonds. The zero-order valence-corrected chi connectivity index (χ0v) is 9.05. The second-order valence-corrected chi connectivity index (χ2v) is 3.36. The Morgan fingerprint density at radius 3 is 2.76 bits per heavy atom. The topological polar surface area (TPSA) is 87.4 Å². The van der Waals surface area contributed by atoms with E-state index in [0.717, 1.165) is 0 Å². The highest BCUT2D eigenvalue weighted by Gasteiger charge is 2.06. The van der Waals surface area contributed by atoms with Gasteiger partial charge in [-0.3, -0.25) is 9.59 Å². The molecule has 1 aromatic rings. The maximum atomic E-state index is 11.3. The van der Waals surface area contributed by atoms with E-state index < -0.39 is 11.9 Å². The largest absolute Gasteiger partial charge is 0.481 e. The third-order valence-electron chi connectivity index (χ3n) is 1.97. The van der Waals surface area contributed by atoms with Crippen LogP contribution in [0, 0.1) is 11.3 Å². The van der Waals surface area contributed by atoms with Gasteiger partial charge in [0.15, 0.2) is 0 Å². The van der Waals surface area contributed by atoms with Crippen molar-refractivity contribution in [2.24, 2.45) is 0 Å². The maximum Gasteiger partial charge on any atom is 0.311 e. The van der Waals surface area contributed by atoms with E-state index in [1.807, 2.05) is 6.07 Å². The van der Waals surface area contributed by atoms with Crippen LogP contribution >= 0.6 is 0 Å². The van der Waals surface area contributed by atoms with Crippen LogP contribution in [-0.2, 0) is 9.59 Å². The van der Waals surface area contributed by atoms with Gasteiger partial charge in [0.25, 0.3) is 0 Å². The van der Waals surface area contributed by atoms with Gasteiger partial charge in [-0.2, -0.15) is 5.26 Å². The van der Waals surface area contributed by atoms with Gasteiger partial charge in [0.1, 0.15) is 5.75 Å². The highest BCUT2D eigenvalue weighted by molar-refractivity contribution is 5.73. The van der Waals surface area contributed by atoms with E-state index in [1.165, 1.54) is 6.07 Å². The monoisotopic (exact) mass is 233 g/mol. The van der Waals surface area contributed by atoms with Crippen LogP contribution < -0.4 is 4.74 Å². The number of carboxylic acids is 1. The zero-order chi connectivity index (χ0) is 12.7. The molecule has 0 saturated heterocycles. The fourth-order valence-electron chi connectivity index (χ4n) is 1.20. The molecule has 0 heterocycles. The normalized spacial score (nSPS) is 9.35. The van der Waals surface area contributed by atoms with Crippen molar-refractivity contribution in [3.05, 3.63) is 29.8 Å². The van der Waals surface area contributed by atoms with Crippen LogP contribution in [0.25, 0.3) is 0 Å². The summed E-state index contributed by atoms with van der Waals surface area (Å²) in [7, 11) is 0. The van der Waals surface area contributed by atoms with Gasteiger partial charge in [-0.25, -0.2) is 0 Å². The van der Waals surface area contributed by atoms with Crippen molar-refractivity contribution in [3.63, 3.8) is 0 Å². The lowest BCUT2D eigenvalue weighted by Crippen LogP contribution is -2.08. The van der Waals surface area contributed by atoms with Gasteiger partial charge < -0.3 is 9.84 Å². The third kappa shape index (κ3) is 4.80. The average Bonchev–Trinajstić information content (AvgIpc) is 2.28. The summed E-state index contributed by atoms with van der Waals surface area (Å²) in [4.78, 5) is 21.5. The van der Waals surface area contributed by atoms with E-state index in [2.05, 4.69) is 0 Å². The number of carbonyl (C=O) groups is 2. The Labute approximate surface area is 98.2 Å². The van der Waals surface area contributed by atoms with Crippen molar-refractivity contribution in [1.82, 2.24) is 0 Å². The van der Waals surface area contributed by atoms with Gasteiger partial charge in [0.2, 0.25) is 0 Å². The molecule has 5 heteroatoms. The summed E-state index contributed by atoms with van der Waals surface area (Å²) >= 11 is 0. The number of carbonyl (C=O) groups excluding carboxylic acids is 1. The molecule has 0 atom stereocenters. The predicted octanol–water partition coefficient (Wildman–Crippen LogP) is 1.72. The lowest BCUT2D eigenvalue weighted by molar-refractivity contribution is -0.137. The molecule has 0 radical (unpaired) electrons. The fraction of sp³-hybridized carbons (Fsp3) is 0.250. The van der Waals surface area contributed by atoms with E-state index >= 15 is 0 Å². The molecular formula is C12H11NO4. The SMILES string of the molecule is N#Cc1cccc(OC(=O)CCCC(=O)O)c1. The molecular weight excluding hydrogens is 222 g/mol. The minimum Gasteiger partial charge on any atom is -0.481 e. The summed E-state index contributed by atoms with van der Waals surface area (Å²) in [6, 6.07) is 8.16. The van der Waals surface area contributed by atoms with Gasteiger partial charge in [0.05, 0.1) is 11.6 Å². The molecule has 0 unspecified atom stereocenters. The van der Waals surface area contributed by atoms with E-state index in [4.69, 9.17) is 15.1 Å². The molecule has 0 aliphatic heterocycles. The Morgan fingerprint density at radius 2 is 2.12 bits per heavy atom.